The smallest absolute Gasteiger partial charge is 0.0940 e. The lowest BCUT2D eigenvalue weighted by molar-refractivity contribution is 1.39. The second kappa shape index (κ2) is 3.46. The van der Waals surface area contributed by atoms with Crippen LogP contribution in [0.3, 0.4) is 0 Å². The van der Waals surface area contributed by atoms with Crippen molar-refractivity contribution in [3.8, 4) is 0 Å². The van der Waals surface area contributed by atoms with Crippen LogP contribution in [0.1, 0.15) is 0 Å². The summed E-state index contributed by atoms with van der Waals surface area (Å²) in [6.45, 7) is 0. The molecule has 0 saturated heterocycles. The average molecular weight is 180 g/mol. The van der Waals surface area contributed by atoms with E-state index in [9.17, 15) is 0 Å². The Kier molecular flexibility index (Phi) is 2.85. The van der Waals surface area contributed by atoms with Crippen LogP contribution in [0.25, 0.3) is 0 Å². The zero-order valence-electron chi connectivity index (χ0n) is 4.63. The maximum atomic E-state index is 5.66. The van der Waals surface area contributed by atoms with E-state index in [-0.39, 0.29) is 0 Å². The van der Waals surface area contributed by atoms with E-state index in [1.807, 2.05) is 12.1 Å². The minimum absolute atomic E-state index is 0.622. The van der Waals surface area contributed by atoms with E-state index in [4.69, 9.17) is 17.3 Å². The standard InChI is InChI=1S/C5H6ClNS2/c6-4-1-2-5(9-4)8-3-7/h1-2H,3,7H2. The van der Waals surface area contributed by atoms with Crippen molar-refractivity contribution in [3.63, 3.8) is 0 Å². The first-order valence-corrected chi connectivity index (χ1v) is 4.59. The summed E-state index contributed by atoms with van der Waals surface area (Å²) in [6.07, 6.45) is 0. The van der Waals surface area contributed by atoms with E-state index in [1.165, 1.54) is 4.21 Å². The van der Waals surface area contributed by atoms with Gasteiger partial charge in [-0.05, 0) is 12.1 Å². The van der Waals surface area contributed by atoms with Crippen LogP contribution in [-0.2, 0) is 0 Å². The van der Waals surface area contributed by atoms with Crippen molar-refractivity contribution in [2.24, 2.45) is 5.73 Å². The van der Waals surface area contributed by atoms with Gasteiger partial charge in [0.25, 0.3) is 0 Å². The summed E-state index contributed by atoms with van der Waals surface area (Å²) < 4.78 is 2.01. The summed E-state index contributed by atoms with van der Waals surface area (Å²) in [5.41, 5.74) is 5.30. The van der Waals surface area contributed by atoms with E-state index >= 15 is 0 Å². The van der Waals surface area contributed by atoms with E-state index in [2.05, 4.69) is 0 Å². The van der Waals surface area contributed by atoms with Gasteiger partial charge < -0.3 is 5.73 Å². The van der Waals surface area contributed by atoms with Crippen LogP contribution in [-0.4, -0.2) is 5.88 Å². The fraction of sp³-hybridized carbons (Fsp3) is 0.200. The molecule has 4 heteroatoms. The first-order valence-electron chi connectivity index (χ1n) is 2.41. The van der Waals surface area contributed by atoms with Gasteiger partial charge in [-0.1, -0.05) is 11.6 Å². The topological polar surface area (TPSA) is 26.0 Å². The molecule has 0 aliphatic heterocycles. The zero-order valence-corrected chi connectivity index (χ0v) is 7.02. The molecule has 0 amide bonds. The third-order valence-corrected chi connectivity index (χ3v) is 2.99. The molecule has 0 fully saturated rings. The van der Waals surface area contributed by atoms with Crippen LogP contribution in [0.4, 0.5) is 0 Å². The minimum Gasteiger partial charge on any atom is -0.322 e. The monoisotopic (exact) mass is 179 g/mol. The van der Waals surface area contributed by atoms with E-state index in [0.717, 1.165) is 4.34 Å². The fourth-order valence-corrected chi connectivity index (χ4v) is 2.41. The third kappa shape index (κ3) is 2.18. The molecule has 1 rings (SSSR count). The van der Waals surface area contributed by atoms with Crippen molar-refractivity contribution < 1.29 is 0 Å². The molecule has 0 aliphatic rings. The van der Waals surface area contributed by atoms with Gasteiger partial charge in [0.1, 0.15) is 0 Å². The Labute approximate surface area is 67.2 Å². The van der Waals surface area contributed by atoms with Crippen LogP contribution < -0.4 is 5.73 Å². The maximum Gasteiger partial charge on any atom is 0.0940 e. The number of rotatable bonds is 2. The van der Waals surface area contributed by atoms with Gasteiger partial charge in [-0.2, -0.15) is 0 Å². The highest BCUT2D eigenvalue weighted by Gasteiger charge is 1.94. The second-order valence-electron chi connectivity index (χ2n) is 1.37. The molecule has 0 aromatic carbocycles. The molecule has 9 heavy (non-hydrogen) atoms. The Morgan fingerprint density at radius 3 is 2.89 bits per heavy atom. The van der Waals surface area contributed by atoms with Gasteiger partial charge in [0.15, 0.2) is 0 Å². The highest BCUT2D eigenvalue weighted by atomic mass is 35.5. The molecular formula is C5H6ClNS2. The number of hydrogen-bond acceptors (Lipinski definition) is 3. The molecule has 0 saturated carbocycles. The van der Waals surface area contributed by atoms with Crippen LogP contribution >= 0.6 is 34.7 Å². The van der Waals surface area contributed by atoms with E-state index in [1.54, 1.807) is 23.1 Å². The van der Waals surface area contributed by atoms with Gasteiger partial charge in [0.2, 0.25) is 0 Å². The zero-order chi connectivity index (χ0) is 6.69. The first kappa shape index (κ1) is 7.41. The second-order valence-corrected chi connectivity index (χ2v) is 4.40. The molecular weight excluding hydrogens is 174 g/mol. The molecule has 50 valence electrons. The van der Waals surface area contributed by atoms with Crippen molar-refractivity contribution in [1.29, 1.82) is 0 Å². The third-order valence-electron chi connectivity index (χ3n) is 0.774. The van der Waals surface area contributed by atoms with Gasteiger partial charge in [-0.25, -0.2) is 0 Å². The summed E-state index contributed by atoms with van der Waals surface area (Å²) in [6, 6.07) is 3.86. The molecule has 0 spiro atoms. The Bertz CT molecular complexity index is 187. The molecule has 0 aliphatic carbocycles. The summed E-state index contributed by atoms with van der Waals surface area (Å²) >= 11 is 8.83. The molecule has 0 radical (unpaired) electrons. The van der Waals surface area contributed by atoms with E-state index in [0.29, 0.717) is 5.88 Å². The van der Waals surface area contributed by atoms with E-state index < -0.39 is 0 Å². The van der Waals surface area contributed by atoms with Crippen LogP contribution in [0.15, 0.2) is 16.3 Å². The summed E-state index contributed by atoms with van der Waals surface area (Å²) in [5, 5.41) is 0. The highest BCUT2D eigenvalue weighted by molar-refractivity contribution is 8.01. The lowest BCUT2D eigenvalue weighted by Gasteiger charge is -1.86. The van der Waals surface area contributed by atoms with Gasteiger partial charge in [0, 0.05) is 5.88 Å². The van der Waals surface area contributed by atoms with Crippen molar-refractivity contribution in [3.05, 3.63) is 16.5 Å². The van der Waals surface area contributed by atoms with Gasteiger partial charge >= 0.3 is 0 Å². The Morgan fingerprint density at radius 1 is 1.67 bits per heavy atom. The molecule has 0 atom stereocenters. The lowest BCUT2D eigenvalue weighted by Crippen LogP contribution is -1.89. The molecule has 0 bridgehead atoms. The van der Waals surface area contributed by atoms with Gasteiger partial charge in [-0.15, -0.1) is 23.1 Å². The molecule has 2 N–H and O–H groups in total. The Balaban J connectivity index is 2.61. The van der Waals surface area contributed by atoms with Crippen molar-refractivity contribution in [2.45, 2.75) is 4.21 Å². The van der Waals surface area contributed by atoms with Crippen LogP contribution in [0.5, 0.6) is 0 Å². The molecule has 1 aromatic heterocycles. The number of thioether (sulfide) groups is 1. The van der Waals surface area contributed by atoms with Gasteiger partial charge in [-0.3, -0.25) is 0 Å². The van der Waals surface area contributed by atoms with Crippen LogP contribution in [0, 0.1) is 0 Å². The minimum atomic E-state index is 0.622. The summed E-state index contributed by atoms with van der Waals surface area (Å²) in [7, 11) is 0. The normalized spacial score (nSPS) is 10.0. The van der Waals surface area contributed by atoms with Crippen LogP contribution in [0.2, 0.25) is 4.34 Å². The van der Waals surface area contributed by atoms with Gasteiger partial charge in [0.05, 0.1) is 8.55 Å². The largest absolute Gasteiger partial charge is 0.322 e. The maximum absolute atomic E-state index is 5.66. The molecule has 1 aromatic rings. The SMILES string of the molecule is NCSc1ccc(Cl)s1. The summed E-state index contributed by atoms with van der Waals surface area (Å²) in [5.74, 6) is 0.622. The van der Waals surface area contributed by atoms with Crippen molar-refractivity contribution in [2.75, 3.05) is 5.88 Å². The molecule has 1 nitrogen and oxygen atoms in total. The number of nitrogens with two attached hydrogens (primary N) is 1. The number of thiophene rings is 1. The average Bonchev–Trinajstić information content (AvgIpc) is 2.17. The number of halogens is 1. The quantitative estimate of drug-likeness (QED) is 0.558. The Hall–Kier alpha value is 0.300. The summed E-state index contributed by atoms with van der Waals surface area (Å²) in [4.78, 5) is 0. The van der Waals surface area contributed by atoms with Crippen molar-refractivity contribution in [1.82, 2.24) is 0 Å². The molecule has 0 unspecified atom stereocenters. The fourth-order valence-electron chi connectivity index (χ4n) is 0.457. The van der Waals surface area contributed by atoms with Crippen molar-refractivity contribution >= 4 is 34.7 Å². The predicted octanol–water partition coefficient (Wildman–Crippen LogP) is 2.41. The number of hydrogen-bond donors (Lipinski definition) is 1. The molecule has 1 heterocycles. The lowest BCUT2D eigenvalue weighted by atomic mass is 10.7. The first-order chi connectivity index (χ1) is 4.33. The Morgan fingerprint density at radius 2 is 2.44 bits per heavy atom. The highest BCUT2D eigenvalue weighted by Crippen LogP contribution is 2.28. The predicted molar refractivity (Wildman–Crippen MR) is 44.2 cm³/mol.